The van der Waals surface area contributed by atoms with Crippen molar-refractivity contribution in [3.05, 3.63) is 0 Å². The molecule has 1 atom stereocenters. The summed E-state index contributed by atoms with van der Waals surface area (Å²) in [5.74, 6) is 0.223. The third kappa shape index (κ3) is 7.31. The molecular weight excluding hydrogens is 250 g/mol. The largest absolute Gasteiger partial charge is 0.313 e. The molecule has 1 unspecified atom stereocenters. The van der Waals surface area contributed by atoms with Crippen LogP contribution in [0.3, 0.4) is 0 Å². The first kappa shape index (κ1) is 15.9. The van der Waals surface area contributed by atoms with E-state index >= 15 is 0 Å². The summed E-state index contributed by atoms with van der Waals surface area (Å²) < 4.78 is 26.4. The van der Waals surface area contributed by atoms with Gasteiger partial charge in [0.1, 0.15) is 0 Å². The SMILES string of the molecule is CN(C)CCCCNS(=O)(=O)CC1CCCCN1. The summed E-state index contributed by atoms with van der Waals surface area (Å²) in [5, 5.41) is 3.27. The molecule has 0 radical (unpaired) electrons. The molecule has 0 aliphatic carbocycles. The van der Waals surface area contributed by atoms with E-state index in [1.807, 2.05) is 14.1 Å². The van der Waals surface area contributed by atoms with Gasteiger partial charge in [-0.15, -0.1) is 0 Å². The van der Waals surface area contributed by atoms with Crippen molar-refractivity contribution in [1.82, 2.24) is 14.9 Å². The quantitative estimate of drug-likeness (QED) is 0.630. The average Bonchev–Trinajstić information content (AvgIpc) is 2.28. The third-order valence-electron chi connectivity index (χ3n) is 3.19. The molecule has 2 N–H and O–H groups in total. The summed E-state index contributed by atoms with van der Waals surface area (Å²) in [6.07, 6.45) is 5.19. The molecule has 0 aromatic carbocycles. The number of sulfonamides is 1. The summed E-state index contributed by atoms with van der Waals surface area (Å²) in [6, 6.07) is 0.137. The Morgan fingerprint density at radius 1 is 1.28 bits per heavy atom. The second-order valence-electron chi connectivity index (χ2n) is 5.33. The number of rotatable bonds is 8. The zero-order chi connectivity index (χ0) is 13.4. The van der Waals surface area contributed by atoms with Crippen LogP contribution in [0.2, 0.25) is 0 Å². The molecule has 0 amide bonds. The van der Waals surface area contributed by atoms with Crippen molar-refractivity contribution >= 4 is 10.0 Å². The molecule has 18 heavy (non-hydrogen) atoms. The molecule has 108 valence electrons. The highest BCUT2D eigenvalue weighted by Gasteiger charge is 2.20. The lowest BCUT2D eigenvalue weighted by Crippen LogP contribution is -2.42. The minimum atomic E-state index is -3.11. The van der Waals surface area contributed by atoms with E-state index in [1.165, 1.54) is 0 Å². The molecule has 1 aliphatic rings. The Balaban J connectivity index is 2.14. The maximum Gasteiger partial charge on any atom is 0.213 e. The Hall–Kier alpha value is -0.170. The molecule has 1 heterocycles. The lowest BCUT2D eigenvalue weighted by Gasteiger charge is -2.23. The summed E-state index contributed by atoms with van der Waals surface area (Å²) in [5.41, 5.74) is 0. The summed E-state index contributed by atoms with van der Waals surface area (Å²) in [6.45, 7) is 2.51. The zero-order valence-electron chi connectivity index (χ0n) is 11.6. The molecule has 0 aromatic heterocycles. The Morgan fingerprint density at radius 3 is 2.67 bits per heavy atom. The van der Waals surface area contributed by atoms with Gasteiger partial charge < -0.3 is 10.2 Å². The minimum absolute atomic E-state index is 0.137. The van der Waals surface area contributed by atoms with Crippen molar-refractivity contribution in [3.63, 3.8) is 0 Å². The van der Waals surface area contributed by atoms with Crippen LogP contribution >= 0.6 is 0 Å². The van der Waals surface area contributed by atoms with Crippen LogP contribution in [0.25, 0.3) is 0 Å². The van der Waals surface area contributed by atoms with Gasteiger partial charge in [-0.05, 0) is 52.9 Å². The summed E-state index contributed by atoms with van der Waals surface area (Å²) >= 11 is 0. The van der Waals surface area contributed by atoms with Crippen LogP contribution in [0, 0.1) is 0 Å². The minimum Gasteiger partial charge on any atom is -0.313 e. The highest BCUT2D eigenvalue weighted by molar-refractivity contribution is 7.89. The summed E-state index contributed by atoms with van der Waals surface area (Å²) in [7, 11) is 0.945. The molecular formula is C12H27N3O2S. The maximum absolute atomic E-state index is 11.8. The normalized spacial score (nSPS) is 21.4. The van der Waals surface area contributed by atoms with Crippen LogP contribution in [0.4, 0.5) is 0 Å². The van der Waals surface area contributed by atoms with Crippen molar-refractivity contribution < 1.29 is 8.42 Å². The van der Waals surface area contributed by atoms with E-state index in [0.717, 1.165) is 45.2 Å². The highest BCUT2D eigenvalue weighted by Crippen LogP contribution is 2.08. The lowest BCUT2D eigenvalue weighted by molar-refractivity contribution is 0.394. The van der Waals surface area contributed by atoms with Gasteiger partial charge in [-0.3, -0.25) is 0 Å². The molecule has 5 nitrogen and oxygen atoms in total. The first-order chi connectivity index (χ1) is 8.49. The van der Waals surface area contributed by atoms with E-state index in [0.29, 0.717) is 6.54 Å². The number of nitrogens with one attached hydrogen (secondary N) is 2. The van der Waals surface area contributed by atoms with Crippen molar-refractivity contribution in [1.29, 1.82) is 0 Å². The number of unbranched alkanes of at least 4 members (excludes halogenated alkanes) is 1. The molecule has 6 heteroatoms. The van der Waals surface area contributed by atoms with E-state index in [2.05, 4.69) is 14.9 Å². The standard InChI is InChI=1S/C12H27N3O2S/c1-15(2)10-6-5-9-14-18(16,17)11-12-7-3-4-8-13-12/h12-14H,3-11H2,1-2H3. The van der Waals surface area contributed by atoms with Gasteiger partial charge in [-0.2, -0.15) is 0 Å². The van der Waals surface area contributed by atoms with Crippen LogP contribution < -0.4 is 10.0 Å². The van der Waals surface area contributed by atoms with Gasteiger partial charge in [-0.25, -0.2) is 13.1 Å². The second-order valence-corrected chi connectivity index (χ2v) is 7.18. The van der Waals surface area contributed by atoms with E-state index in [4.69, 9.17) is 0 Å². The highest BCUT2D eigenvalue weighted by atomic mass is 32.2. The first-order valence-electron chi connectivity index (χ1n) is 6.85. The number of piperidine rings is 1. The van der Waals surface area contributed by atoms with Crippen LogP contribution in [0.15, 0.2) is 0 Å². The molecule has 0 spiro atoms. The topological polar surface area (TPSA) is 61.4 Å². The fourth-order valence-corrected chi connectivity index (χ4v) is 3.56. The van der Waals surface area contributed by atoms with Crippen molar-refractivity contribution in [2.75, 3.05) is 39.5 Å². The van der Waals surface area contributed by atoms with Crippen LogP contribution in [-0.4, -0.2) is 58.8 Å². The van der Waals surface area contributed by atoms with Crippen molar-refractivity contribution in [3.8, 4) is 0 Å². The van der Waals surface area contributed by atoms with Gasteiger partial charge in [0, 0.05) is 12.6 Å². The molecule has 0 aromatic rings. The Labute approximate surface area is 111 Å². The average molecular weight is 277 g/mol. The van der Waals surface area contributed by atoms with Gasteiger partial charge in [0.25, 0.3) is 0 Å². The number of hydrogen-bond donors (Lipinski definition) is 2. The Kier molecular flexibility index (Phi) is 7.14. The molecule has 0 bridgehead atoms. The Bertz CT molecular complexity index is 311. The molecule has 1 fully saturated rings. The molecule has 1 rings (SSSR count). The van der Waals surface area contributed by atoms with E-state index in [-0.39, 0.29) is 11.8 Å². The van der Waals surface area contributed by atoms with Crippen LogP contribution in [-0.2, 0) is 10.0 Å². The maximum atomic E-state index is 11.8. The van der Waals surface area contributed by atoms with Crippen LogP contribution in [0.5, 0.6) is 0 Å². The predicted molar refractivity (Wildman–Crippen MR) is 75.2 cm³/mol. The fraction of sp³-hybridized carbons (Fsp3) is 1.00. The lowest BCUT2D eigenvalue weighted by atomic mass is 10.1. The van der Waals surface area contributed by atoms with Crippen molar-refractivity contribution in [2.45, 2.75) is 38.1 Å². The Morgan fingerprint density at radius 2 is 2.06 bits per heavy atom. The second kappa shape index (κ2) is 8.09. The first-order valence-corrected chi connectivity index (χ1v) is 8.50. The zero-order valence-corrected chi connectivity index (χ0v) is 12.4. The van der Waals surface area contributed by atoms with Gasteiger partial charge >= 0.3 is 0 Å². The third-order valence-corrected chi connectivity index (χ3v) is 4.67. The van der Waals surface area contributed by atoms with Gasteiger partial charge in [-0.1, -0.05) is 6.42 Å². The van der Waals surface area contributed by atoms with Gasteiger partial charge in [0.2, 0.25) is 10.0 Å². The van der Waals surface area contributed by atoms with E-state index in [9.17, 15) is 8.42 Å². The predicted octanol–water partition coefficient (Wildman–Crippen LogP) is 0.390. The van der Waals surface area contributed by atoms with E-state index in [1.54, 1.807) is 0 Å². The summed E-state index contributed by atoms with van der Waals surface area (Å²) in [4.78, 5) is 2.11. The smallest absolute Gasteiger partial charge is 0.213 e. The monoisotopic (exact) mass is 277 g/mol. The van der Waals surface area contributed by atoms with Crippen molar-refractivity contribution in [2.24, 2.45) is 0 Å². The number of nitrogens with zero attached hydrogens (tertiary/aromatic N) is 1. The molecule has 1 saturated heterocycles. The van der Waals surface area contributed by atoms with Gasteiger partial charge in [0.15, 0.2) is 0 Å². The van der Waals surface area contributed by atoms with E-state index < -0.39 is 10.0 Å². The molecule has 1 aliphatic heterocycles. The van der Waals surface area contributed by atoms with Crippen LogP contribution in [0.1, 0.15) is 32.1 Å². The number of hydrogen-bond acceptors (Lipinski definition) is 4. The van der Waals surface area contributed by atoms with Gasteiger partial charge in [0.05, 0.1) is 5.75 Å². The molecule has 0 saturated carbocycles. The fourth-order valence-electron chi connectivity index (χ4n) is 2.17.